The van der Waals surface area contributed by atoms with E-state index in [1.807, 2.05) is 26.0 Å². The largest absolute Gasteiger partial charge is 0.356 e. The van der Waals surface area contributed by atoms with E-state index in [9.17, 15) is 9.59 Å². The molecule has 2 rings (SSSR count). The number of fused-ring (bicyclic) bond motifs is 1. The van der Waals surface area contributed by atoms with E-state index in [1.54, 1.807) is 0 Å². The number of carbonyl (C=O) groups excluding carboxylic acids is 2. The van der Waals surface area contributed by atoms with E-state index in [1.165, 1.54) is 5.56 Å². The third-order valence-corrected chi connectivity index (χ3v) is 5.42. The summed E-state index contributed by atoms with van der Waals surface area (Å²) in [7, 11) is 0. The van der Waals surface area contributed by atoms with Gasteiger partial charge in [0.15, 0.2) is 0 Å². The normalized spacial score (nSPS) is 16.7. The second-order valence-electron chi connectivity index (χ2n) is 6.55. The number of benzene rings is 1. The van der Waals surface area contributed by atoms with Crippen LogP contribution in [0.5, 0.6) is 0 Å². The van der Waals surface area contributed by atoms with E-state index in [4.69, 9.17) is 5.73 Å². The minimum atomic E-state index is -0.495. The molecule has 5 nitrogen and oxygen atoms in total. The second-order valence-corrected chi connectivity index (χ2v) is 6.55. The topological polar surface area (TPSA) is 84.2 Å². The van der Waals surface area contributed by atoms with Crippen LogP contribution in [0.1, 0.15) is 57.1 Å². The number of amides is 2. The van der Waals surface area contributed by atoms with Gasteiger partial charge in [-0.3, -0.25) is 9.59 Å². The number of aryl methyl sites for hydroxylation is 1. The lowest BCUT2D eigenvalue weighted by atomic mass is 9.81. The standard InChI is InChI=1S/C19H29N3O2/c1-4-13-7-8-16-15(11-13)14(17(23)22-16)9-10-21-18(24)19(5-2,6-3)12-20/h7-8,11,14H,4-6,9-10,12,20H2,1-3H3,(H,21,24)(H,22,23). The molecule has 0 saturated carbocycles. The van der Waals surface area contributed by atoms with E-state index in [-0.39, 0.29) is 17.7 Å². The van der Waals surface area contributed by atoms with Gasteiger partial charge in [-0.1, -0.05) is 32.9 Å². The van der Waals surface area contributed by atoms with E-state index in [0.29, 0.717) is 19.5 Å². The van der Waals surface area contributed by atoms with E-state index >= 15 is 0 Å². The highest BCUT2D eigenvalue weighted by atomic mass is 16.2. The summed E-state index contributed by atoms with van der Waals surface area (Å²) < 4.78 is 0. The molecule has 0 fully saturated rings. The summed E-state index contributed by atoms with van der Waals surface area (Å²) in [5.41, 5.74) is 8.48. The summed E-state index contributed by atoms with van der Waals surface area (Å²) in [5, 5.41) is 5.91. The van der Waals surface area contributed by atoms with Gasteiger partial charge in [0.25, 0.3) is 0 Å². The van der Waals surface area contributed by atoms with Crippen LogP contribution >= 0.6 is 0 Å². The molecule has 1 aliphatic heterocycles. The van der Waals surface area contributed by atoms with Gasteiger partial charge in [0.2, 0.25) is 11.8 Å². The Bertz CT molecular complexity index is 600. The van der Waals surface area contributed by atoms with Crippen LogP contribution < -0.4 is 16.4 Å². The van der Waals surface area contributed by atoms with Gasteiger partial charge in [0.05, 0.1) is 11.3 Å². The van der Waals surface area contributed by atoms with Crippen molar-refractivity contribution in [1.82, 2.24) is 5.32 Å². The SMILES string of the molecule is CCc1ccc2c(c1)C(CCNC(=O)C(CC)(CC)CN)C(=O)N2. The quantitative estimate of drug-likeness (QED) is 0.684. The van der Waals surface area contributed by atoms with Crippen LogP contribution in [0, 0.1) is 5.41 Å². The lowest BCUT2D eigenvalue weighted by molar-refractivity contribution is -0.131. The molecule has 0 spiro atoms. The lowest BCUT2D eigenvalue weighted by Gasteiger charge is -2.28. The van der Waals surface area contributed by atoms with Crippen LogP contribution in [0.25, 0.3) is 0 Å². The van der Waals surface area contributed by atoms with Crippen molar-refractivity contribution in [3.8, 4) is 0 Å². The number of anilines is 1. The maximum Gasteiger partial charge on any atom is 0.232 e. The maximum absolute atomic E-state index is 12.5. The van der Waals surface area contributed by atoms with Gasteiger partial charge < -0.3 is 16.4 Å². The van der Waals surface area contributed by atoms with Crippen LogP contribution in [0.2, 0.25) is 0 Å². The molecule has 4 N–H and O–H groups in total. The molecular weight excluding hydrogens is 302 g/mol. The zero-order chi connectivity index (χ0) is 17.7. The van der Waals surface area contributed by atoms with Gasteiger partial charge in [-0.05, 0) is 42.9 Å². The summed E-state index contributed by atoms with van der Waals surface area (Å²) in [6.07, 6.45) is 2.99. The van der Waals surface area contributed by atoms with Gasteiger partial charge in [-0.15, -0.1) is 0 Å². The van der Waals surface area contributed by atoms with Gasteiger partial charge in [-0.2, -0.15) is 0 Å². The fourth-order valence-corrected chi connectivity index (χ4v) is 3.35. The van der Waals surface area contributed by atoms with Gasteiger partial charge >= 0.3 is 0 Å². The fraction of sp³-hybridized carbons (Fsp3) is 0.579. The van der Waals surface area contributed by atoms with E-state index < -0.39 is 5.41 Å². The van der Waals surface area contributed by atoms with Gasteiger partial charge in [0, 0.05) is 18.8 Å². The summed E-state index contributed by atoms with van der Waals surface area (Å²) >= 11 is 0. The molecule has 1 aliphatic rings. The smallest absolute Gasteiger partial charge is 0.232 e. The molecule has 0 aromatic heterocycles. The number of rotatable bonds is 8. The van der Waals surface area contributed by atoms with E-state index in [0.717, 1.165) is 30.5 Å². The lowest BCUT2D eigenvalue weighted by Crippen LogP contribution is -2.45. The average molecular weight is 331 g/mol. The highest BCUT2D eigenvalue weighted by molar-refractivity contribution is 6.03. The Labute approximate surface area is 144 Å². The summed E-state index contributed by atoms with van der Waals surface area (Å²) in [6.45, 7) is 6.90. The molecule has 24 heavy (non-hydrogen) atoms. The Kier molecular flexibility index (Phi) is 5.99. The third kappa shape index (κ3) is 3.46. The predicted molar refractivity (Wildman–Crippen MR) is 96.9 cm³/mol. The molecule has 1 atom stereocenters. The van der Waals surface area contributed by atoms with Crippen molar-refractivity contribution < 1.29 is 9.59 Å². The van der Waals surface area contributed by atoms with Crippen molar-refractivity contribution >= 4 is 17.5 Å². The minimum Gasteiger partial charge on any atom is -0.356 e. The first-order chi connectivity index (χ1) is 11.5. The fourth-order valence-electron chi connectivity index (χ4n) is 3.35. The Balaban J connectivity index is 2.01. The van der Waals surface area contributed by atoms with Crippen molar-refractivity contribution in [2.75, 3.05) is 18.4 Å². The Morgan fingerprint density at radius 3 is 2.58 bits per heavy atom. The Hall–Kier alpha value is -1.88. The molecule has 0 radical (unpaired) electrons. The van der Waals surface area contributed by atoms with Crippen molar-refractivity contribution in [3.05, 3.63) is 29.3 Å². The number of nitrogens with one attached hydrogen (secondary N) is 2. The van der Waals surface area contributed by atoms with Crippen LogP contribution in [-0.2, 0) is 16.0 Å². The molecular formula is C19H29N3O2. The molecule has 0 aliphatic carbocycles. The van der Waals surface area contributed by atoms with Crippen molar-refractivity contribution in [1.29, 1.82) is 0 Å². The van der Waals surface area contributed by atoms with Crippen molar-refractivity contribution in [2.45, 2.75) is 52.4 Å². The van der Waals surface area contributed by atoms with Crippen LogP contribution in [-0.4, -0.2) is 24.9 Å². The molecule has 132 valence electrons. The molecule has 0 bridgehead atoms. The van der Waals surface area contributed by atoms with Crippen LogP contribution in [0.15, 0.2) is 18.2 Å². The second kappa shape index (κ2) is 7.79. The van der Waals surface area contributed by atoms with E-state index in [2.05, 4.69) is 23.6 Å². The molecule has 5 heteroatoms. The Morgan fingerprint density at radius 1 is 1.29 bits per heavy atom. The van der Waals surface area contributed by atoms with Crippen LogP contribution in [0.3, 0.4) is 0 Å². The summed E-state index contributed by atoms with van der Waals surface area (Å²) in [6, 6.07) is 6.11. The highest BCUT2D eigenvalue weighted by Gasteiger charge is 2.34. The average Bonchev–Trinajstić information content (AvgIpc) is 2.91. The minimum absolute atomic E-state index is 0.00376. The summed E-state index contributed by atoms with van der Waals surface area (Å²) in [4.78, 5) is 24.7. The number of carbonyl (C=O) groups is 2. The highest BCUT2D eigenvalue weighted by Crippen LogP contribution is 2.35. The molecule has 2 amide bonds. The van der Waals surface area contributed by atoms with Gasteiger partial charge in [-0.25, -0.2) is 0 Å². The monoisotopic (exact) mass is 331 g/mol. The molecule has 0 saturated heterocycles. The third-order valence-electron chi connectivity index (χ3n) is 5.42. The molecule has 1 unspecified atom stereocenters. The van der Waals surface area contributed by atoms with Crippen molar-refractivity contribution in [2.24, 2.45) is 11.1 Å². The van der Waals surface area contributed by atoms with Crippen molar-refractivity contribution in [3.63, 3.8) is 0 Å². The number of hydrogen-bond acceptors (Lipinski definition) is 3. The first-order valence-corrected chi connectivity index (χ1v) is 8.93. The first-order valence-electron chi connectivity index (χ1n) is 8.93. The number of hydrogen-bond donors (Lipinski definition) is 3. The molecule has 1 aromatic rings. The van der Waals surface area contributed by atoms with Gasteiger partial charge in [0.1, 0.15) is 0 Å². The molecule has 1 aromatic carbocycles. The summed E-state index contributed by atoms with van der Waals surface area (Å²) in [5.74, 6) is -0.179. The predicted octanol–water partition coefficient (Wildman–Crippen LogP) is 2.56. The van der Waals surface area contributed by atoms with Crippen LogP contribution in [0.4, 0.5) is 5.69 Å². The molecule has 1 heterocycles. The number of nitrogens with two attached hydrogens (primary N) is 1. The zero-order valence-corrected chi connectivity index (χ0v) is 14.9. The maximum atomic E-state index is 12.5. The Morgan fingerprint density at radius 2 is 2.00 bits per heavy atom. The first kappa shape index (κ1) is 18.5. The zero-order valence-electron chi connectivity index (χ0n) is 14.9.